The number of aliphatic hydroxyl groups excluding tert-OH is 1. The summed E-state index contributed by atoms with van der Waals surface area (Å²) < 4.78 is 2.01. The Morgan fingerprint density at radius 2 is 2.14 bits per heavy atom. The van der Waals surface area contributed by atoms with Crippen LogP contribution in [0.3, 0.4) is 0 Å². The molecule has 0 amide bonds. The fraction of sp³-hybridized carbons (Fsp3) is 0.562. The number of rotatable bonds is 5. The normalized spacial score (nSPS) is 15.1. The molecule has 2 rings (SSSR count). The standard InChI is InChI=1S/C16H25N3OS/c1-11(17-8-15(20)13-6-7-21-10-13)14-9-19(16(3,4)5)18-12(14)2/h6-7,9-11,15,17,20H,8H2,1-5H3. The van der Waals surface area contributed by atoms with Gasteiger partial charge in [0.25, 0.3) is 0 Å². The molecule has 2 aromatic heterocycles. The molecular weight excluding hydrogens is 282 g/mol. The lowest BCUT2D eigenvalue weighted by Gasteiger charge is -2.19. The maximum atomic E-state index is 10.1. The largest absolute Gasteiger partial charge is 0.387 e. The van der Waals surface area contributed by atoms with Crippen LogP contribution in [0.2, 0.25) is 0 Å². The van der Waals surface area contributed by atoms with Gasteiger partial charge in [-0.1, -0.05) is 0 Å². The topological polar surface area (TPSA) is 50.1 Å². The predicted octanol–water partition coefficient (Wildman–Crippen LogP) is 3.39. The van der Waals surface area contributed by atoms with Gasteiger partial charge in [-0.3, -0.25) is 4.68 Å². The van der Waals surface area contributed by atoms with E-state index < -0.39 is 6.10 Å². The average molecular weight is 307 g/mol. The molecule has 4 nitrogen and oxygen atoms in total. The molecule has 0 aromatic carbocycles. The Bertz CT molecular complexity index is 569. The van der Waals surface area contributed by atoms with Gasteiger partial charge in [0.1, 0.15) is 0 Å². The highest BCUT2D eigenvalue weighted by Crippen LogP contribution is 2.22. The zero-order valence-corrected chi connectivity index (χ0v) is 14.2. The van der Waals surface area contributed by atoms with E-state index in [2.05, 4.69) is 44.3 Å². The Labute approximate surface area is 130 Å². The minimum absolute atomic E-state index is 0.0150. The Morgan fingerprint density at radius 3 is 2.67 bits per heavy atom. The maximum Gasteiger partial charge on any atom is 0.0922 e. The third-order valence-corrected chi connectivity index (χ3v) is 4.34. The smallest absolute Gasteiger partial charge is 0.0922 e. The molecule has 0 saturated heterocycles. The molecule has 21 heavy (non-hydrogen) atoms. The fourth-order valence-corrected chi connectivity index (χ4v) is 2.93. The summed E-state index contributed by atoms with van der Waals surface area (Å²) in [6, 6.07) is 2.12. The average Bonchev–Trinajstić information content (AvgIpc) is 3.03. The van der Waals surface area contributed by atoms with E-state index in [-0.39, 0.29) is 11.6 Å². The Morgan fingerprint density at radius 1 is 1.43 bits per heavy atom. The fourth-order valence-electron chi connectivity index (χ4n) is 2.22. The molecule has 116 valence electrons. The summed E-state index contributed by atoms with van der Waals surface area (Å²) in [6.45, 7) is 11.1. The quantitative estimate of drug-likeness (QED) is 0.890. The lowest BCUT2D eigenvalue weighted by molar-refractivity contribution is 0.171. The predicted molar refractivity (Wildman–Crippen MR) is 87.7 cm³/mol. The first kappa shape index (κ1) is 16.2. The summed E-state index contributed by atoms with van der Waals surface area (Å²) in [5, 5.41) is 22.1. The first-order chi connectivity index (χ1) is 9.79. The number of nitrogens with zero attached hydrogens (tertiary/aromatic N) is 2. The highest BCUT2D eigenvalue weighted by atomic mass is 32.1. The molecule has 5 heteroatoms. The molecule has 2 unspecified atom stereocenters. The van der Waals surface area contributed by atoms with Crippen LogP contribution in [0, 0.1) is 6.92 Å². The van der Waals surface area contributed by atoms with Crippen molar-refractivity contribution in [2.45, 2.75) is 52.3 Å². The molecule has 0 spiro atoms. The van der Waals surface area contributed by atoms with Crippen LogP contribution in [0.5, 0.6) is 0 Å². The highest BCUT2D eigenvalue weighted by molar-refractivity contribution is 7.07. The minimum atomic E-state index is -0.461. The summed E-state index contributed by atoms with van der Waals surface area (Å²) in [6.07, 6.45) is 1.64. The monoisotopic (exact) mass is 307 g/mol. The van der Waals surface area contributed by atoms with Crippen LogP contribution >= 0.6 is 11.3 Å². The maximum absolute atomic E-state index is 10.1. The van der Waals surface area contributed by atoms with Gasteiger partial charge in [-0.25, -0.2) is 0 Å². The van der Waals surface area contributed by atoms with E-state index in [1.54, 1.807) is 11.3 Å². The second kappa shape index (κ2) is 6.30. The molecule has 0 radical (unpaired) electrons. The summed E-state index contributed by atoms with van der Waals surface area (Å²) in [5.74, 6) is 0. The van der Waals surface area contributed by atoms with E-state index in [1.807, 2.05) is 28.4 Å². The first-order valence-corrected chi connectivity index (χ1v) is 8.23. The zero-order valence-electron chi connectivity index (χ0n) is 13.4. The Kier molecular flexibility index (Phi) is 4.86. The van der Waals surface area contributed by atoms with Crippen molar-refractivity contribution in [3.8, 4) is 0 Å². The van der Waals surface area contributed by atoms with E-state index in [0.29, 0.717) is 6.54 Å². The van der Waals surface area contributed by atoms with Crippen molar-refractivity contribution in [3.05, 3.63) is 39.8 Å². The summed E-state index contributed by atoms with van der Waals surface area (Å²) in [7, 11) is 0. The second-order valence-electron chi connectivity index (χ2n) is 6.49. The van der Waals surface area contributed by atoms with Crippen LogP contribution in [0.1, 0.15) is 56.7 Å². The highest BCUT2D eigenvalue weighted by Gasteiger charge is 2.19. The zero-order chi connectivity index (χ0) is 15.6. The van der Waals surface area contributed by atoms with Gasteiger partial charge in [-0.05, 0) is 57.0 Å². The van der Waals surface area contributed by atoms with Crippen molar-refractivity contribution < 1.29 is 5.11 Å². The second-order valence-corrected chi connectivity index (χ2v) is 7.27. The Hall–Kier alpha value is -1.17. The van der Waals surface area contributed by atoms with Gasteiger partial charge in [0.2, 0.25) is 0 Å². The summed E-state index contributed by atoms with van der Waals surface area (Å²) in [4.78, 5) is 0. The van der Waals surface area contributed by atoms with Gasteiger partial charge < -0.3 is 10.4 Å². The molecule has 0 bridgehead atoms. The van der Waals surface area contributed by atoms with Gasteiger partial charge in [-0.2, -0.15) is 16.4 Å². The van der Waals surface area contributed by atoms with Crippen molar-refractivity contribution in [2.75, 3.05) is 6.54 Å². The van der Waals surface area contributed by atoms with E-state index in [9.17, 15) is 5.11 Å². The molecule has 0 fully saturated rings. The van der Waals surface area contributed by atoms with Gasteiger partial charge in [0.05, 0.1) is 17.3 Å². The minimum Gasteiger partial charge on any atom is -0.387 e. The van der Waals surface area contributed by atoms with Crippen molar-refractivity contribution in [2.24, 2.45) is 0 Å². The number of nitrogens with one attached hydrogen (secondary N) is 1. The van der Waals surface area contributed by atoms with Crippen molar-refractivity contribution >= 4 is 11.3 Å². The third kappa shape index (κ3) is 3.93. The lowest BCUT2D eigenvalue weighted by Crippen LogP contribution is -2.25. The van der Waals surface area contributed by atoms with Gasteiger partial charge in [-0.15, -0.1) is 0 Å². The molecule has 0 aliphatic heterocycles. The molecule has 2 N–H and O–H groups in total. The number of hydrogen-bond donors (Lipinski definition) is 2. The third-order valence-electron chi connectivity index (χ3n) is 3.64. The molecule has 2 atom stereocenters. The number of hydrogen-bond acceptors (Lipinski definition) is 4. The van der Waals surface area contributed by atoms with Crippen LogP contribution in [-0.4, -0.2) is 21.4 Å². The van der Waals surface area contributed by atoms with E-state index in [4.69, 9.17) is 0 Å². The molecule has 2 aromatic rings. The molecule has 0 aliphatic rings. The van der Waals surface area contributed by atoms with Crippen LogP contribution in [0.25, 0.3) is 0 Å². The molecule has 0 aliphatic carbocycles. The van der Waals surface area contributed by atoms with E-state index >= 15 is 0 Å². The molecule has 2 heterocycles. The van der Waals surface area contributed by atoms with Gasteiger partial charge >= 0.3 is 0 Å². The number of aliphatic hydroxyl groups is 1. The van der Waals surface area contributed by atoms with Crippen molar-refractivity contribution in [3.63, 3.8) is 0 Å². The molecule has 0 saturated carbocycles. The SMILES string of the molecule is Cc1nn(C(C)(C)C)cc1C(C)NCC(O)c1ccsc1. The van der Waals surface area contributed by atoms with Gasteiger partial charge in [0, 0.05) is 24.3 Å². The first-order valence-electron chi connectivity index (χ1n) is 7.29. The number of aryl methyl sites for hydroxylation is 1. The summed E-state index contributed by atoms with van der Waals surface area (Å²) >= 11 is 1.61. The Balaban J connectivity index is 2.00. The summed E-state index contributed by atoms with van der Waals surface area (Å²) in [5.41, 5.74) is 3.18. The lowest BCUT2D eigenvalue weighted by atomic mass is 10.1. The number of thiophene rings is 1. The van der Waals surface area contributed by atoms with Crippen molar-refractivity contribution in [1.82, 2.24) is 15.1 Å². The number of aromatic nitrogens is 2. The van der Waals surface area contributed by atoms with Crippen LogP contribution in [0.15, 0.2) is 23.0 Å². The molecular formula is C16H25N3OS. The van der Waals surface area contributed by atoms with E-state index in [1.165, 1.54) is 5.56 Å². The van der Waals surface area contributed by atoms with Crippen LogP contribution in [-0.2, 0) is 5.54 Å². The van der Waals surface area contributed by atoms with E-state index in [0.717, 1.165) is 11.3 Å². The van der Waals surface area contributed by atoms with Crippen LogP contribution < -0.4 is 5.32 Å². The van der Waals surface area contributed by atoms with Crippen LogP contribution in [0.4, 0.5) is 0 Å². The van der Waals surface area contributed by atoms with Crippen molar-refractivity contribution in [1.29, 1.82) is 0 Å². The van der Waals surface area contributed by atoms with Gasteiger partial charge in [0.15, 0.2) is 0 Å².